The topological polar surface area (TPSA) is 55.4 Å². The van der Waals surface area contributed by atoms with Gasteiger partial charge in [-0.2, -0.15) is 0 Å². The Hall–Kier alpha value is -2.70. The van der Waals surface area contributed by atoms with E-state index in [4.69, 9.17) is 16.3 Å². The van der Waals surface area contributed by atoms with Gasteiger partial charge in [0.05, 0.1) is 10.7 Å². The third kappa shape index (κ3) is 4.28. The Kier molecular flexibility index (Phi) is 5.65. The average molecular weight is 390 g/mol. The van der Waals surface area contributed by atoms with Gasteiger partial charge < -0.3 is 10.1 Å². The molecule has 0 aliphatic rings. The molecule has 1 aromatic heterocycles. The van der Waals surface area contributed by atoms with Gasteiger partial charge in [0.15, 0.2) is 6.61 Å². The van der Waals surface area contributed by atoms with E-state index in [-0.39, 0.29) is 5.69 Å². The van der Waals surface area contributed by atoms with Gasteiger partial charge in [-0.3, -0.25) is 4.79 Å². The third-order valence-electron chi connectivity index (χ3n) is 3.42. The number of carbonyl (C=O) groups excluding carboxylic acids is 2. The SMILES string of the molecule is O=C(COC(=O)/C=C/c1sc2ccccc2c1Cl)Nc1ccccc1F. The molecule has 0 aliphatic carbocycles. The van der Waals surface area contributed by atoms with Crippen LogP contribution in [-0.4, -0.2) is 18.5 Å². The summed E-state index contributed by atoms with van der Waals surface area (Å²) in [5, 5.41) is 3.81. The molecule has 3 rings (SSSR count). The van der Waals surface area contributed by atoms with Crippen LogP contribution in [0.3, 0.4) is 0 Å². The maximum Gasteiger partial charge on any atom is 0.331 e. The maximum absolute atomic E-state index is 13.4. The minimum absolute atomic E-state index is 0.0288. The predicted molar refractivity (Wildman–Crippen MR) is 102 cm³/mol. The molecule has 0 saturated carbocycles. The normalized spacial score (nSPS) is 11.0. The van der Waals surface area contributed by atoms with Crippen molar-refractivity contribution in [3.63, 3.8) is 0 Å². The number of thiophene rings is 1. The molecule has 0 spiro atoms. The second kappa shape index (κ2) is 8.12. The lowest BCUT2D eigenvalue weighted by Gasteiger charge is -2.05. The van der Waals surface area contributed by atoms with Crippen LogP contribution in [0, 0.1) is 5.82 Å². The van der Waals surface area contributed by atoms with Gasteiger partial charge in [-0.1, -0.05) is 41.9 Å². The summed E-state index contributed by atoms with van der Waals surface area (Å²) in [7, 11) is 0. The number of fused-ring (bicyclic) bond motifs is 1. The zero-order chi connectivity index (χ0) is 18.5. The zero-order valence-corrected chi connectivity index (χ0v) is 14.9. The summed E-state index contributed by atoms with van der Waals surface area (Å²) < 4.78 is 19.3. The standard InChI is InChI=1S/C19H13ClFNO3S/c20-19-12-5-1-4-8-15(12)26-16(19)9-10-18(24)25-11-17(23)22-14-7-3-2-6-13(14)21/h1-10H,11H2,(H,22,23)/b10-9+. The van der Waals surface area contributed by atoms with E-state index in [1.54, 1.807) is 12.1 Å². The molecule has 7 heteroatoms. The Morgan fingerprint density at radius 1 is 1.15 bits per heavy atom. The Morgan fingerprint density at radius 2 is 1.88 bits per heavy atom. The largest absolute Gasteiger partial charge is 0.452 e. The summed E-state index contributed by atoms with van der Waals surface area (Å²) in [6.45, 7) is -0.516. The zero-order valence-electron chi connectivity index (χ0n) is 13.4. The number of para-hydroxylation sites is 1. The highest BCUT2D eigenvalue weighted by atomic mass is 35.5. The van der Waals surface area contributed by atoms with Gasteiger partial charge in [0.1, 0.15) is 5.82 Å². The molecular weight excluding hydrogens is 377 g/mol. The maximum atomic E-state index is 13.4. The number of ether oxygens (including phenoxy) is 1. The van der Waals surface area contributed by atoms with Crippen LogP contribution in [0.25, 0.3) is 16.2 Å². The molecule has 0 unspecified atom stereocenters. The van der Waals surface area contributed by atoms with Crippen molar-refractivity contribution in [2.75, 3.05) is 11.9 Å². The highest BCUT2D eigenvalue weighted by Crippen LogP contribution is 2.35. The number of esters is 1. The van der Waals surface area contributed by atoms with Gasteiger partial charge in [0.25, 0.3) is 5.91 Å². The van der Waals surface area contributed by atoms with E-state index in [2.05, 4.69) is 5.32 Å². The second-order valence-corrected chi connectivity index (χ2v) is 6.71. The molecular formula is C19H13ClFNO3S. The Bertz CT molecular complexity index is 999. The molecule has 1 amide bonds. The van der Waals surface area contributed by atoms with Gasteiger partial charge in [0, 0.05) is 21.0 Å². The summed E-state index contributed by atoms with van der Waals surface area (Å²) >= 11 is 7.73. The summed E-state index contributed by atoms with van der Waals surface area (Å²) in [6, 6.07) is 13.4. The van der Waals surface area contributed by atoms with Crippen molar-refractivity contribution in [3.8, 4) is 0 Å². The van der Waals surface area contributed by atoms with Crippen LogP contribution < -0.4 is 5.32 Å². The molecule has 0 aliphatic heterocycles. The number of hydrogen-bond acceptors (Lipinski definition) is 4. The number of carbonyl (C=O) groups is 2. The fourth-order valence-corrected chi connectivity index (χ4v) is 3.62. The predicted octanol–water partition coefficient (Wildman–Crippen LogP) is 4.89. The van der Waals surface area contributed by atoms with E-state index in [0.717, 1.165) is 15.0 Å². The van der Waals surface area contributed by atoms with Crippen LogP contribution >= 0.6 is 22.9 Å². The van der Waals surface area contributed by atoms with Gasteiger partial charge in [-0.05, 0) is 24.3 Å². The van der Waals surface area contributed by atoms with Crippen molar-refractivity contribution in [1.29, 1.82) is 0 Å². The van der Waals surface area contributed by atoms with Crippen molar-refractivity contribution in [1.82, 2.24) is 0 Å². The van der Waals surface area contributed by atoms with E-state index in [9.17, 15) is 14.0 Å². The summed E-state index contributed by atoms with van der Waals surface area (Å²) in [5.41, 5.74) is 0.0288. The number of hydrogen-bond donors (Lipinski definition) is 1. The second-order valence-electron chi connectivity index (χ2n) is 5.25. The minimum atomic E-state index is -0.692. The van der Waals surface area contributed by atoms with Crippen molar-refractivity contribution in [3.05, 3.63) is 70.3 Å². The first-order valence-electron chi connectivity index (χ1n) is 7.61. The molecule has 132 valence electrons. The molecule has 4 nitrogen and oxygen atoms in total. The Labute approximate surface area is 157 Å². The van der Waals surface area contributed by atoms with Crippen molar-refractivity contribution < 1.29 is 18.7 Å². The quantitative estimate of drug-likeness (QED) is 0.499. The Balaban J connectivity index is 1.56. The van der Waals surface area contributed by atoms with Crippen LogP contribution in [-0.2, 0) is 14.3 Å². The number of rotatable bonds is 5. The average Bonchev–Trinajstić information content (AvgIpc) is 2.96. The number of nitrogens with one attached hydrogen (secondary N) is 1. The fourth-order valence-electron chi connectivity index (χ4n) is 2.22. The lowest BCUT2D eigenvalue weighted by atomic mass is 10.2. The highest BCUT2D eigenvalue weighted by molar-refractivity contribution is 7.20. The smallest absolute Gasteiger partial charge is 0.331 e. The lowest BCUT2D eigenvalue weighted by molar-refractivity contribution is -0.142. The first-order chi connectivity index (χ1) is 12.5. The van der Waals surface area contributed by atoms with Crippen molar-refractivity contribution >= 4 is 56.7 Å². The first kappa shape index (κ1) is 18.1. The van der Waals surface area contributed by atoms with E-state index in [1.807, 2.05) is 24.3 Å². The van der Waals surface area contributed by atoms with E-state index >= 15 is 0 Å². The van der Waals surface area contributed by atoms with Crippen LogP contribution in [0.5, 0.6) is 0 Å². The van der Waals surface area contributed by atoms with Gasteiger partial charge in [0.2, 0.25) is 0 Å². The molecule has 0 fully saturated rings. The molecule has 0 saturated heterocycles. The van der Waals surface area contributed by atoms with E-state index in [1.165, 1.54) is 35.6 Å². The molecule has 3 aromatic rings. The van der Waals surface area contributed by atoms with E-state index < -0.39 is 24.3 Å². The summed E-state index contributed by atoms with van der Waals surface area (Å²) in [4.78, 5) is 24.2. The van der Waals surface area contributed by atoms with E-state index in [0.29, 0.717) is 5.02 Å². The fraction of sp³-hybridized carbons (Fsp3) is 0.0526. The van der Waals surface area contributed by atoms with Crippen molar-refractivity contribution in [2.24, 2.45) is 0 Å². The molecule has 26 heavy (non-hydrogen) atoms. The van der Waals surface area contributed by atoms with Crippen LogP contribution in [0.4, 0.5) is 10.1 Å². The van der Waals surface area contributed by atoms with Gasteiger partial charge in [-0.15, -0.1) is 11.3 Å². The number of anilines is 1. The van der Waals surface area contributed by atoms with Gasteiger partial charge in [-0.25, -0.2) is 9.18 Å². The molecule has 0 radical (unpaired) electrons. The lowest BCUT2D eigenvalue weighted by Crippen LogP contribution is -2.20. The number of amides is 1. The van der Waals surface area contributed by atoms with Crippen LogP contribution in [0.2, 0.25) is 5.02 Å². The third-order valence-corrected chi connectivity index (χ3v) is 5.08. The molecule has 1 N–H and O–H groups in total. The van der Waals surface area contributed by atoms with Crippen molar-refractivity contribution in [2.45, 2.75) is 0 Å². The molecule has 2 aromatic carbocycles. The summed E-state index contributed by atoms with van der Waals surface area (Å²) in [6.07, 6.45) is 2.75. The monoisotopic (exact) mass is 389 g/mol. The number of benzene rings is 2. The Morgan fingerprint density at radius 3 is 2.65 bits per heavy atom. The molecule has 0 atom stereocenters. The summed E-state index contributed by atoms with van der Waals surface area (Å²) in [5.74, 6) is -1.88. The minimum Gasteiger partial charge on any atom is -0.452 e. The van der Waals surface area contributed by atoms with Crippen LogP contribution in [0.15, 0.2) is 54.6 Å². The first-order valence-corrected chi connectivity index (χ1v) is 8.80. The molecule has 0 bridgehead atoms. The number of halogens is 2. The molecule has 1 heterocycles. The highest BCUT2D eigenvalue weighted by Gasteiger charge is 2.10. The van der Waals surface area contributed by atoms with Crippen LogP contribution in [0.1, 0.15) is 4.88 Å². The van der Waals surface area contributed by atoms with Gasteiger partial charge >= 0.3 is 5.97 Å².